The molecule has 3 heterocycles. The summed E-state index contributed by atoms with van der Waals surface area (Å²) in [7, 11) is 0. The van der Waals surface area contributed by atoms with Crippen molar-refractivity contribution in [1.82, 2.24) is 14.5 Å². The summed E-state index contributed by atoms with van der Waals surface area (Å²) < 4.78 is 2.32. The van der Waals surface area contributed by atoms with Gasteiger partial charge in [-0.15, -0.1) is 11.3 Å². The summed E-state index contributed by atoms with van der Waals surface area (Å²) in [5.41, 5.74) is 11.1. The van der Waals surface area contributed by atoms with Gasteiger partial charge in [-0.2, -0.15) is 0 Å². The number of hydrogen-bond donors (Lipinski definition) is 0. The standard InChI is InChI=1S/C41H31N3S/c1-41(2)31-18-8-5-15-27(31)38-37(41)39(29-17-11-21-35-36(29)28-16-7-10-20-34(28)45-35)43-40(42-38)44-32-19-9-6-14-26(32)30-22-24-12-3-4-13-25(24)23-33(30)44/h3-9,11-16,18-19,21-23,29H,10,17,20H2,1-2H3. The molecule has 216 valence electrons. The van der Waals surface area contributed by atoms with Crippen LogP contribution < -0.4 is 0 Å². The third kappa shape index (κ3) is 3.46. The molecule has 0 bridgehead atoms. The Bertz CT molecular complexity index is 2450. The first-order chi connectivity index (χ1) is 22.1. The first-order valence-corrected chi connectivity index (χ1v) is 16.8. The fourth-order valence-electron chi connectivity index (χ4n) is 8.34. The third-order valence-electron chi connectivity index (χ3n) is 10.4. The Morgan fingerprint density at radius 3 is 2.51 bits per heavy atom. The lowest BCUT2D eigenvalue weighted by atomic mass is 9.76. The van der Waals surface area contributed by atoms with Gasteiger partial charge >= 0.3 is 0 Å². The average Bonchev–Trinajstić information content (AvgIpc) is 3.69. The van der Waals surface area contributed by atoms with Gasteiger partial charge in [0.25, 0.3) is 0 Å². The summed E-state index contributed by atoms with van der Waals surface area (Å²) in [5, 5.41) is 4.93. The van der Waals surface area contributed by atoms with E-state index in [1.54, 1.807) is 0 Å². The minimum absolute atomic E-state index is 0.172. The molecule has 0 amide bonds. The summed E-state index contributed by atoms with van der Waals surface area (Å²) >= 11 is 1.98. The molecule has 3 aromatic heterocycles. The van der Waals surface area contributed by atoms with Crippen molar-refractivity contribution in [2.75, 3.05) is 0 Å². The zero-order chi connectivity index (χ0) is 29.9. The lowest BCUT2D eigenvalue weighted by Gasteiger charge is -2.29. The number of allylic oxidation sites excluding steroid dienone is 2. The molecular formula is C41H31N3S. The number of aryl methyl sites for hydroxylation is 1. The Morgan fingerprint density at radius 1 is 0.800 bits per heavy atom. The van der Waals surface area contributed by atoms with Crippen LogP contribution in [0.5, 0.6) is 0 Å². The predicted molar refractivity (Wildman–Crippen MR) is 189 cm³/mol. The van der Waals surface area contributed by atoms with Crippen LogP contribution >= 0.6 is 11.3 Å². The van der Waals surface area contributed by atoms with Gasteiger partial charge in [0.1, 0.15) is 0 Å². The zero-order valence-electron chi connectivity index (χ0n) is 25.3. The van der Waals surface area contributed by atoms with Gasteiger partial charge in [0.05, 0.1) is 22.4 Å². The van der Waals surface area contributed by atoms with Crippen LogP contribution in [-0.4, -0.2) is 14.5 Å². The molecule has 1 atom stereocenters. The highest BCUT2D eigenvalue weighted by Crippen LogP contribution is 2.53. The second-order valence-electron chi connectivity index (χ2n) is 13.2. The number of nitrogens with zero attached hydrogens (tertiary/aromatic N) is 3. The summed E-state index contributed by atoms with van der Waals surface area (Å²) in [6.45, 7) is 4.72. The predicted octanol–water partition coefficient (Wildman–Crippen LogP) is 10.6. The summed E-state index contributed by atoms with van der Waals surface area (Å²) in [5.74, 6) is 0.930. The first-order valence-electron chi connectivity index (χ1n) is 16.0. The van der Waals surface area contributed by atoms with Crippen LogP contribution in [0, 0.1) is 0 Å². The first kappa shape index (κ1) is 25.5. The summed E-state index contributed by atoms with van der Waals surface area (Å²) in [4.78, 5) is 14.1. The van der Waals surface area contributed by atoms with E-state index in [1.807, 2.05) is 11.3 Å². The van der Waals surface area contributed by atoms with E-state index in [-0.39, 0.29) is 11.3 Å². The van der Waals surface area contributed by atoms with Crippen molar-refractivity contribution in [2.45, 2.75) is 44.4 Å². The Kier molecular flexibility index (Phi) is 5.17. The van der Waals surface area contributed by atoms with Crippen molar-refractivity contribution >= 4 is 56.1 Å². The van der Waals surface area contributed by atoms with Crippen molar-refractivity contribution in [2.24, 2.45) is 0 Å². The van der Waals surface area contributed by atoms with E-state index in [2.05, 4.69) is 128 Å². The zero-order valence-corrected chi connectivity index (χ0v) is 26.2. The van der Waals surface area contributed by atoms with Crippen molar-refractivity contribution < 1.29 is 0 Å². The second kappa shape index (κ2) is 9.12. The van der Waals surface area contributed by atoms with Gasteiger partial charge in [0, 0.05) is 43.0 Å². The number of hydrogen-bond acceptors (Lipinski definition) is 3. The number of rotatable bonds is 2. The van der Waals surface area contributed by atoms with Crippen LogP contribution in [-0.2, 0) is 11.8 Å². The fourth-order valence-corrected chi connectivity index (χ4v) is 9.64. The molecule has 45 heavy (non-hydrogen) atoms. The Morgan fingerprint density at radius 2 is 1.60 bits per heavy atom. The SMILES string of the molecule is CC1(C)c2ccccc2-c2nc(-n3c4ccccc4c4cc5ccccc5cc43)nc(C3CC=Cc4sc5c(c43)C=CCC5)c21. The van der Waals surface area contributed by atoms with E-state index in [9.17, 15) is 0 Å². The maximum atomic E-state index is 5.70. The molecule has 0 saturated carbocycles. The van der Waals surface area contributed by atoms with Gasteiger partial charge in [-0.25, -0.2) is 9.97 Å². The largest absolute Gasteiger partial charge is 0.278 e. The third-order valence-corrected chi connectivity index (χ3v) is 11.6. The van der Waals surface area contributed by atoms with Crippen LogP contribution in [0.3, 0.4) is 0 Å². The maximum absolute atomic E-state index is 5.70. The maximum Gasteiger partial charge on any atom is 0.235 e. The topological polar surface area (TPSA) is 30.7 Å². The van der Waals surface area contributed by atoms with Crippen molar-refractivity contribution in [3.05, 3.63) is 135 Å². The second-order valence-corrected chi connectivity index (χ2v) is 14.4. The van der Waals surface area contributed by atoms with E-state index >= 15 is 0 Å². The molecule has 1 unspecified atom stereocenters. The van der Waals surface area contributed by atoms with Gasteiger partial charge in [0.15, 0.2) is 0 Å². The van der Waals surface area contributed by atoms with E-state index in [0.717, 1.165) is 41.9 Å². The van der Waals surface area contributed by atoms with Crippen molar-refractivity contribution in [1.29, 1.82) is 0 Å². The molecule has 0 fully saturated rings. The highest BCUT2D eigenvalue weighted by Gasteiger charge is 2.42. The fraction of sp³-hybridized carbons (Fsp3) is 0.171. The Balaban J connectivity index is 1.32. The molecule has 3 nitrogen and oxygen atoms in total. The number of para-hydroxylation sites is 1. The van der Waals surface area contributed by atoms with Crippen LogP contribution in [0.2, 0.25) is 0 Å². The Hall–Kier alpha value is -4.80. The summed E-state index contributed by atoms with van der Waals surface area (Å²) in [6, 6.07) is 30.9. The van der Waals surface area contributed by atoms with E-state index < -0.39 is 0 Å². The minimum atomic E-state index is -0.204. The van der Waals surface area contributed by atoms with E-state index in [1.165, 1.54) is 64.8 Å². The van der Waals surface area contributed by atoms with Gasteiger partial charge in [-0.3, -0.25) is 4.57 Å². The summed E-state index contributed by atoms with van der Waals surface area (Å²) in [6.07, 6.45) is 12.6. The number of fused-ring (bicyclic) bond motifs is 10. The molecule has 0 N–H and O–H groups in total. The monoisotopic (exact) mass is 597 g/mol. The number of aromatic nitrogens is 3. The molecule has 3 aliphatic carbocycles. The quantitative estimate of drug-likeness (QED) is 0.198. The number of benzene rings is 4. The highest BCUT2D eigenvalue weighted by molar-refractivity contribution is 7.13. The molecule has 0 saturated heterocycles. The molecule has 0 radical (unpaired) electrons. The van der Waals surface area contributed by atoms with E-state index in [0.29, 0.717) is 0 Å². The van der Waals surface area contributed by atoms with Crippen LogP contribution in [0.1, 0.15) is 70.3 Å². The molecule has 4 aromatic carbocycles. The van der Waals surface area contributed by atoms with E-state index in [4.69, 9.17) is 9.97 Å². The lowest BCUT2D eigenvalue weighted by molar-refractivity contribution is 0.626. The highest BCUT2D eigenvalue weighted by atomic mass is 32.1. The van der Waals surface area contributed by atoms with Crippen molar-refractivity contribution in [3.63, 3.8) is 0 Å². The molecule has 7 aromatic rings. The van der Waals surface area contributed by atoms with Crippen LogP contribution in [0.25, 0.3) is 61.9 Å². The molecule has 10 rings (SSSR count). The Labute approximate surface area is 266 Å². The van der Waals surface area contributed by atoms with Gasteiger partial charge in [-0.05, 0) is 71.0 Å². The molecule has 4 heteroatoms. The smallest absolute Gasteiger partial charge is 0.235 e. The average molecular weight is 598 g/mol. The molecule has 0 aliphatic heterocycles. The normalized spacial score (nSPS) is 17.5. The molecule has 0 spiro atoms. The van der Waals surface area contributed by atoms with Gasteiger partial charge < -0.3 is 0 Å². The van der Waals surface area contributed by atoms with Crippen LogP contribution in [0.15, 0.2) is 97.1 Å². The molecule has 3 aliphatic rings. The van der Waals surface area contributed by atoms with Crippen LogP contribution in [0.4, 0.5) is 0 Å². The van der Waals surface area contributed by atoms with Crippen molar-refractivity contribution in [3.8, 4) is 17.2 Å². The van der Waals surface area contributed by atoms with Gasteiger partial charge in [-0.1, -0.05) is 98.8 Å². The number of thiophene rings is 1. The lowest BCUT2D eigenvalue weighted by Crippen LogP contribution is -2.22. The van der Waals surface area contributed by atoms with Gasteiger partial charge in [0.2, 0.25) is 5.95 Å². The molecular weight excluding hydrogens is 567 g/mol. The minimum Gasteiger partial charge on any atom is -0.278 e.